The van der Waals surface area contributed by atoms with E-state index < -0.39 is 0 Å². The second-order valence-corrected chi connectivity index (χ2v) is 7.14. The molecular weight excluding hydrogens is 263 g/mol. The van der Waals surface area contributed by atoms with E-state index in [-0.39, 0.29) is 21.2 Å². The average Bonchev–Trinajstić information content (AvgIpc) is 2.05. The number of hydrogen-bond acceptors (Lipinski definition) is 1. The fourth-order valence-corrected chi connectivity index (χ4v) is 3.11. The summed E-state index contributed by atoms with van der Waals surface area (Å²) in [5.41, 5.74) is 0. The minimum atomic E-state index is 0.193. The van der Waals surface area contributed by atoms with Crippen LogP contribution in [0.5, 0.6) is 5.75 Å². The molecule has 0 saturated carbocycles. The van der Waals surface area contributed by atoms with Crippen LogP contribution < -0.4 is 25.9 Å². The first-order valence-corrected chi connectivity index (χ1v) is 6.32. The molecule has 0 heterocycles. The summed E-state index contributed by atoms with van der Waals surface area (Å²) in [7, 11) is 1.70. The summed E-state index contributed by atoms with van der Waals surface area (Å²) in [6.45, 7) is 4.55. The van der Waals surface area contributed by atoms with Gasteiger partial charge in [-0.25, -0.2) is 0 Å². The van der Waals surface area contributed by atoms with Crippen molar-refractivity contribution in [2.45, 2.75) is 17.8 Å². The molecule has 2 heteroatoms. The van der Waals surface area contributed by atoms with Gasteiger partial charge in [-0.1, -0.05) is 0 Å². The van der Waals surface area contributed by atoms with Gasteiger partial charge in [0.2, 0.25) is 0 Å². The van der Waals surface area contributed by atoms with Gasteiger partial charge < -0.3 is 0 Å². The fraction of sp³-hybridized carbons (Fsp3) is 0.400. The second-order valence-electron chi connectivity index (χ2n) is 2.78. The molecule has 0 unspecified atom stereocenters. The van der Waals surface area contributed by atoms with Crippen LogP contribution in [0.2, 0.25) is 0 Å². The standard InChI is InChI=1S/C10H14IO/c1-8(2)11-9-4-6-10(12-3)7-5-9/h4-8H,1-3H3/q-1. The molecule has 0 aliphatic rings. The van der Waals surface area contributed by atoms with Gasteiger partial charge in [-0.15, -0.1) is 0 Å². The van der Waals surface area contributed by atoms with Crippen LogP contribution in [-0.4, -0.2) is 11.0 Å². The van der Waals surface area contributed by atoms with E-state index in [1.807, 2.05) is 12.1 Å². The number of rotatable bonds is 3. The Morgan fingerprint density at radius 3 is 2.17 bits per heavy atom. The Hall–Kier alpha value is -0.250. The summed E-state index contributed by atoms with van der Waals surface area (Å²) in [6, 6.07) is 8.42. The summed E-state index contributed by atoms with van der Waals surface area (Å²) in [5.74, 6) is 0.950. The van der Waals surface area contributed by atoms with Crippen molar-refractivity contribution in [3.63, 3.8) is 0 Å². The van der Waals surface area contributed by atoms with E-state index in [1.165, 1.54) is 3.57 Å². The summed E-state index contributed by atoms with van der Waals surface area (Å²) in [4.78, 5) is 0. The van der Waals surface area contributed by atoms with Crippen molar-refractivity contribution in [2.75, 3.05) is 7.11 Å². The molecule has 12 heavy (non-hydrogen) atoms. The van der Waals surface area contributed by atoms with Crippen LogP contribution >= 0.6 is 0 Å². The predicted octanol–water partition coefficient (Wildman–Crippen LogP) is -0.638. The Labute approximate surface area is 84.4 Å². The summed E-state index contributed by atoms with van der Waals surface area (Å²) < 4.78 is 7.41. The van der Waals surface area contributed by atoms with Crippen molar-refractivity contribution < 1.29 is 25.9 Å². The van der Waals surface area contributed by atoms with Gasteiger partial charge in [0.25, 0.3) is 0 Å². The number of benzene rings is 1. The number of methoxy groups -OCH3 is 1. The number of ether oxygens (including phenoxy) is 1. The zero-order chi connectivity index (χ0) is 8.97. The van der Waals surface area contributed by atoms with Crippen LogP contribution in [-0.2, 0) is 0 Å². The summed E-state index contributed by atoms with van der Waals surface area (Å²) in [6.07, 6.45) is 0. The molecule has 1 aromatic carbocycles. The molecule has 0 spiro atoms. The zero-order valence-corrected chi connectivity index (χ0v) is 9.83. The summed E-state index contributed by atoms with van der Waals surface area (Å²) >= 11 is 0.193. The molecule has 1 nitrogen and oxygen atoms in total. The van der Waals surface area contributed by atoms with E-state index in [0.717, 1.165) is 9.67 Å². The van der Waals surface area contributed by atoms with Crippen LogP contribution in [0.4, 0.5) is 0 Å². The molecule has 0 saturated heterocycles. The third-order valence-corrected chi connectivity index (χ3v) is 4.08. The van der Waals surface area contributed by atoms with Crippen molar-refractivity contribution in [3.8, 4) is 5.75 Å². The normalized spacial score (nSPS) is 10.7. The molecule has 0 N–H and O–H groups in total. The van der Waals surface area contributed by atoms with E-state index in [2.05, 4.69) is 26.0 Å². The van der Waals surface area contributed by atoms with Gasteiger partial charge in [-0.3, -0.25) is 0 Å². The number of halogens is 1. The summed E-state index contributed by atoms with van der Waals surface area (Å²) in [5, 5.41) is 0. The van der Waals surface area contributed by atoms with Crippen molar-refractivity contribution >= 4 is 0 Å². The van der Waals surface area contributed by atoms with Crippen molar-refractivity contribution in [3.05, 3.63) is 27.8 Å². The first-order valence-electron chi connectivity index (χ1n) is 4.00. The van der Waals surface area contributed by atoms with Crippen LogP contribution in [0, 0.1) is 3.57 Å². The Morgan fingerprint density at radius 1 is 1.17 bits per heavy atom. The van der Waals surface area contributed by atoms with Crippen molar-refractivity contribution in [2.24, 2.45) is 0 Å². The van der Waals surface area contributed by atoms with E-state index in [9.17, 15) is 0 Å². The number of alkyl halides is 1. The molecule has 0 aliphatic carbocycles. The van der Waals surface area contributed by atoms with E-state index >= 15 is 0 Å². The Bertz CT molecular complexity index is 228. The Morgan fingerprint density at radius 2 is 1.75 bits per heavy atom. The fourth-order valence-electron chi connectivity index (χ4n) is 0.895. The molecule has 1 rings (SSSR count). The van der Waals surface area contributed by atoms with Gasteiger partial charge in [-0.05, 0) is 0 Å². The van der Waals surface area contributed by atoms with E-state index in [1.54, 1.807) is 7.11 Å². The SMILES string of the molecule is COc1ccc([I-]C(C)C)cc1. The predicted molar refractivity (Wildman–Crippen MR) is 46.8 cm³/mol. The topological polar surface area (TPSA) is 9.23 Å². The van der Waals surface area contributed by atoms with Crippen molar-refractivity contribution in [1.82, 2.24) is 0 Å². The van der Waals surface area contributed by atoms with Gasteiger partial charge in [0, 0.05) is 0 Å². The molecule has 0 bridgehead atoms. The third kappa shape index (κ3) is 3.01. The maximum atomic E-state index is 5.09. The first kappa shape index (κ1) is 9.84. The molecule has 0 radical (unpaired) electrons. The quantitative estimate of drug-likeness (QED) is 0.527. The van der Waals surface area contributed by atoms with Gasteiger partial charge in [0.15, 0.2) is 0 Å². The average molecular weight is 277 g/mol. The van der Waals surface area contributed by atoms with Crippen molar-refractivity contribution in [1.29, 1.82) is 0 Å². The first-order chi connectivity index (χ1) is 5.72. The zero-order valence-electron chi connectivity index (χ0n) is 7.67. The Balaban J connectivity index is 2.65. The molecule has 0 aliphatic heterocycles. The monoisotopic (exact) mass is 277 g/mol. The van der Waals surface area contributed by atoms with E-state index in [0.29, 0.717) is 0 Å². The number of hydrogen-bond donors (Lipinski definition) is 0. The maximum absolute atomic E-state index is 5.09. The molecule has 1 aromatic rings. The van der Waals surface area contributed by atoms with Gasteiger partial charge in [-0.2, -0.15) is 0 Å². The molecule has 0 amide bonds. The Kier molecular flexibility index (Phi) is 3.85. The van der Waals surface area contributed by atoms with Crippen LogP contribution in [0.25, 0.3) is 0 Å². The van der Waals surface area contributed by atoms with Gasteiger partial charge in [0.1, 0.15) is 0 Å². The molecule has 0 fully saturated rings. The molecule has 68 valence electrons. The van der Waals surface area contributed by atoms with Gasteiger partial charge >= 0.3 is 84.4 Å². The molecular formula is C10H14IO-. The molecule has 0 atom stereocenters. The third-order valence-electron chi connectivity index (χ3n) is 1.39. The molecule has 0 aromatic heterocycles. The minimum absolute atomic E-state index is 0.193. The second kappa shape index (κ2) is 4.70. The van der Waals surface area contributed by atoms with E-state index in [4.69, 9.17) is 4.74 Å². The van der Waals surface area contributed by atoms with Crippen LogP contribution in [0.1, 0.15) is 13.8 Å². The van der Waals surface area contributed by atoms with Gasteiger partial charge in [0.05, 0.1) is 0 Å². The van der Waals surface area contributed by atoms with Crippen LogP contribution in [0.3, 0.4) is 0 Å². The van der Waals surface area contributed by atoms with Crippen LogP contribution in [0.15, 0.2) is 24.3 Å².